The van der Waals surface area contributed by atoms with Gasteiger partial charge in [-0.15, -0.1) is 5.10 Å². The molecule has 2 aromatic rings. The van der Waals surface area contributed by atoms with Crippen molar-refractivity contribution in [1.82, 2.24) is 4.57 Å². The van der Waals surface area contributed by atoms with Crippen LogP contribution in [-0.2, 0) is 4.79 Å². The van der Waals surface area contributed by atoms with Crippen LogP contribution in [0.1, 0.15) is 12.6 Å². The standard InChI is InChI=1S/C14H14N6O2.C2H4O2/c1-2-10(17-18-14(15)16)11-8-5-9-19(11)12-6-3-4-7-13(12)20(21)22;1-2(3)4/h2-9H,1H2,(H4,15,16,18);1H3,(H,3,4)/b17-10+;. The van der Waals surface area contributed by atoms with Gasteiger partial charge in [-0.25, -0.2) is 0 Å². The molecule has 0 saturated heterocycles. The molecule has 0 fully saturated rings. The maximum Gasteiger partial charge on any atom is 0.362 e. The molecule has 0 aliphatic carbocycles. The van der Waals surface area contributed by atoms with Crippen molar-refractivity contribution in [3.8, 4) is 5.69 Å². The van der Waals surface area contributed by atoms with Gasteiger partial charge < -0.3 is 14.5 Å². The highest BCUT2D eigenvalue weighted by Gasteiger charge is 2.17. The van der Waals surface area contributed by atoms with E-state index in [1.54, 1.807) is 41.1 Å². The number of carbonyl (C=O) groups excluding carboxylic acids is 1. The molecule has 26 heavy (non-hydrogen) atoms. The second kappa shape index (κ2) is 9.37. The monoisotopic (exact) mass is 358 g/mol. The quantitative estimate of drug-likeness (QED) is 0.251. The number of rotatable bonds is 5. The van der Waals surface area contributed by atoms with Crippen molar-refractivity contribution < 1.29 is 19.9 Å². The number of nitro groups is 1. The Morgan fingerprint density at radius 3 is 2.46 bits per heavy atom. The number of nitrogens with zero attached hydrogens (tertiary/aromatic N) is 3. The molecule has 0 spiro atoms. The van der Waals surface area contributed by atoms with Gasteiger partial charge in [0.1, 0.15) is 11.4 Å². The second-order valence-corrected chi connectivity index (χ2v) is 4.77. The summed E-state index contributed by atoms with van der Waals surface area (Å²) in [6.45, 7) is 4.65. The van der Waals surface area contributed by atoms with Crippen LogP contribution < -0.4 is 21.7 Å². The van der Waals surface area contributed by atoms with E-state index in [9.17, 15) is 10.1 Å². The molecule has 0 aliphatic rings. The molecular formula is C16H18N6O4. The van der Waals surface area contributed by atoms with Crippen molar-refractivity contribution in [3.05, 3.63) is 71.1 Å². The van der Waals surface area contributed by atoms with Gasteiger partial charge in [0.2, 0.25) is 0 Å². The maximum absolute atomic E-state index is 11.2. The van der Waals surface area contributed by atoms with Crippen LogP contribution >= 0.6 is 0 Å². The highest BCUT2D eigenvalue weighted by molar-refractivity contribution is 6.07. The fourth-order valence-electron chi connectivity index (χ4n) is 1.95. The van der Waals surface area contributed by atoms with Crippen LogP contribution in [0.2, 0.25) is 0 Å². The van der Waals surface area contributed by atoms with Crippen LogP contribution in [0, 0.1) is 10.1 Å². The van der Waals surface area contributed by atoms with E-state index >= 15 is 0 Å². The summed E-state index contributed by atoms with van der Waals surface area (Å²) in [6.07, 6.45) is 3.20. The maximum atomic E-state index is 11.2. The van der Waals surface area contributed by atoms with Gasteiger partial charge in [-0.2, -0.15) is 5.10 Å². The van der Waals surface area contributed by atoms with Crippen LogP contribution in [0.25, 0.3) is 5.69 Å². The first kappa shape index (κ1) is 20.1. The van der Waals surface area contributed by atoms with E-state index in [-0.39, 0.29) is 11.6 Å². The number of hydrogen-bond acceptors (Lipinski definition) is 5. The molecule has 2 rings (SSSR count). The molecule has 10 heteroatoms. The molecule has 1 aromatic heterocycles. The average Bonchev–Trinajstić information content (AvgIpc) is 3.04. The number of hydrogen-bond donors (Lipinski definition) is 3. The molecule has 0 bridgehead atoms. The van der Waals surface area contributed by atoms with Gasteiger partial charge in [-0.05, 0) is 31.2 Å². The molecule has 0 saturated carbocycles. The summed E-state index contributed by atoms with van der Waals surface area (Å²) in [5.74, 6) is -1.15. The largest absolute Gasteiger partial charge is 0.550 e. The summed E-state index contributed by atoms with van der Waals surface area (Å²) in [6, 6.07) is 9.93. The minimum atomic E-state index is -1.08. The first-order valence-corrected chi connectivity index (χ1v) is 7.21. The molecule has 0 unspecified atom stereocenters. The van der Waals surface area contributed by atoms with Crippen molar-refractivity contribution in [3.63, 3.8) is 0 Å². The smallest absolute Gasteiger partial charge is 0.362 e. The molecule has 5 N–H and O–H groups in total. The Labute approximate surface area is 148 Å². The van der Waals surface area contributed by atoms with Gasteiger partial charge in [0.15, 0.2) is 0 Å². The summed E-state index contributed by atoms with van der Waals surface area (Å²) in [7, 11) is 0. The van der Waals surface area contributed by atoms with E-state index in [1.807, 2.05) is 0 Å². The van der Waals surface area contributed by atoms with E-state index in [2.05, 4.69) is 16.8 Å². The number of guanidine groups is 1. The Bertz CT molecular complexity index is 861. The summed E-state index contributed by atoms with van der Waals surface area (Å²) in [5, 5.41) is 26.5. The number of benzene rings is 1. The fourth-order valence-corrected chi connectivity index (χ4v) is 1.95. The average molecular weight is 358 g/mol. The van der Waals surface area contributed by atoms with Gasteiger partial charge in [0, 0.05) is 18.2 Å². The summed E-state index contributed by atoms with van der Waals surface area (Å²) in [5.41, 5.74) is 12.1. The van der Waals surface area contributed by atoms with Crippen molar-refractivity contribution in [1.29, 1.82) is 0 Å². The van der Waals surface area contributed by atoms with Crippen LogP contribution in [-0.4, -0.2) is 27.1 Å². The van der Waals surface area contributed by atoms with Gasteiger partial charge >= 0.3 is 5.96 Å². The Morgan fingerprint density at radius 2 is 1.92 bits per heavy atom. The number of allylic oxidation sites excluding steroid dienone is 1. The number of aromatic nitrogens is 1. The van der Waals surface area contributed by atoms with Gasteiger partial charge in [-0.1, -0.05) is 18.7 Å². The number of nitrogens with one attached hydrogen (secondary N) is 1. The Balaban J connectivity index is 0.000000765. The van der Waals surface area contributed by atoms with Crippen molar-refractivity contribution in [2.75, 3.05) is 0 Å². The van der Waals surface area contributed by atoms with Crippen LogP contribution in [0.5, 0.6) is 0 Å². The highest BCUT2D eigenvalue weighted by atomic mass is 16.6. The zero-order valence-electron chi connectivity index (χ0n) is 14.0. The molecule has 0 aliphatic heterocycles. The highest BCUT2D eigenvalue weighted by Crippen LogP contribution is 2.24. The third-order valence-corrected chi connectivity index (χ3v) is 2.85. The van der Waals surface area contributed by atoms with Crippen LogP contribution in [0.4, 0.5) is 5.69 Å². The summed E-state index contributed by atoms with van der Waals surface area (Å²) < 4.78 is 1.65. The number of aliphatic carboxylic acids is 1. The van der Waals surface area contributed by atoms with Crippen LogP contribution in [0.15, 0.2) is 60.4 Å². The molecule has 0 amide bonds. The third kappa shape index (κ3) is 5.60. The normalized spacial score (nSPS) is 10.3. The number of nitrogens with two attached hydrogens (primary N) is 2. The van der Waals surface area contributed by atoms with Gasteiger partial charge in [0.05, 0.1) is 10.6 Å². The number of carboxylic acids is 1. The molecule has 1 aromatic carbocycles. The summed E-state index contributed by atoms with van der Waals surface area (Å²) >= 11 is 0. The molecular weight excluding hydrogens is 340 g/mol. The topological polar surface area (TPSA) is 167 Å². The first-order chi connectivity index (χ1) is 12.3. The molecule has 1 heterocycles. The first-order valence-electron chi connectivity index (χ1n) is 7.21. The Kier molecular flexibility index (Phi) is 7.24. The van der Waals surface area contributed by atoms with Gasteiger partial charge in [0.25, 0.3) is 5.69 Å². The Hall–Kier alpha value is -3.95. The van der Waals surface area contributed by atoms with Crippen molar-refractivity contribution in [2.45, 2.75) is 6.92 Å². The number of hydrazone groups is 1. The number of para-hydroxylation sites is 2. The SMILES string of the molecule is C=C/C(=N\[NH+]=C(N)N)c1cccn1-c1ccccc1[N+](=O)[O-].CC(=O)[O-]. The fraction of sp³-hybridized carbons (Fsp3) is 0.0625. The number of carboxylic acid groups (broad SMARTS) is 1. The van der Waals surface area contributed by atoms with E-state index in [0.717, 1.165) is 6.92 Å². The lowest BCUT2D eigenvalue weighted by Gasteiger charge is -2.08. The van der Waals surface area contributed by atoms with E-state index in [1.165, 1.54) is 12.1 Å². The molecule has 0 atom stereocenters. The Morgan fingerprint density at radius 1 is 1.31 bits per heavy atom. The number of carbonyl (C=O) groups is 1. The zero-order valence-corrected chi connectivity index (χ0v) is 14.0. The predicted octanol–water partition coefficient (Wildman–Crippen LogP) is -1.61. The zero-order chi connectivity index (χ0) is 19.7. The lowest BCUT2D eigenvalue weighted by Crippen LogP contribution is -2.72. The van der Waals surface area contributed by atoms with E-state index in [4.69, 9.17) is 21.4 Å². The lowest BCUT2D eigenvalue weighted by molar-refractivity contribution is -0.464. The minimum absolute atomic E-state index is 0.0128. The molecule has 0 radical (unpaired) electrons. The third-order valence-electron chi connectivity index (χ3n) is 2.85. The number of nitro benzene ring substituents is 1. The minimum Gasteiger partial charge on any atom is -0.550 e. The van der Waals surface area contributed by atoms with Crippen molar-refractivity contribution in [2.24, 2.45) is 16.6 Å². The van der Waals surface area contributed by atoms with E-state index in [0.29, 0.717) is 17.1 Å². The summed E-state index contributed by atoms with van der Waals surface area (Å²) in [4.78, 5) is 19.6. The molecule has 136 valence electrons. The predicted molar refractivity (Wildman–Crippen MR) is 94.2 cm³/mol. The molecule has 10 nitrogen and oxygen atoms in total. The second-order valence-electron chi connectivity index (χ2n) is 4.77. The van der Waals surface area contributed by atoms with Crippen molar-refractivity contribution >= 4 is 23.3 Å². The van der Waals surface area contributed by atoms with Crippen LogP contribution in [0.3, 0.4) is 0 Å². The van der Waals surface area contributed by atoms with E-state index < -0.39 is 10.9 Å². The lowest BCUT2D eigenvalue weighted by atomic mass is 10.2. The van der Waals surface area contributed by atoms with Gasteiger partial charge in [-0.3, -0.25) is 21.6 Å².